The van der Waals surface area contributed by atoms with Crippen LogP contribution >= 0.6 is 0 Å². The number of rotatable bonds is 0. The minimum absolute atomic E-state index is 0. The summed E-state index contributed by atoms with van der Waals surface area (Å²) in [6, 6.07) is 3.40. The average molecular weight is 126 g/mol. The third-order valence-electron chi connectivity index (χ3n) is 0.760. The molecular formula is C4HLiN5. The van der Waals surface area contributed by atoms with E-state index in [-0.39, 0.29) is 30.2 Å². The van der Waals surface area contributed by atoms with E-state index in [1.165, 1.54) is 0 Å². The van der Waals surface area contributed by atoms with Gasteiger partial charge in [-0.1, -0.05) is 0 Å². The van der Waals surface area contributed by atoms with Gasteiger partial charge in [0.2, 0.25) is 11.4 Å². The Labute approximate surface area is 68.8 Å². The summed E-state index contributed by atoms with van der Waals surface area (Å²) in [6.07, 6.45) is 0. The van der Waals surface area contributed by atoms with Crippen LogP contribution in [0.25, 0.3) is 0 Å². The van der Waals surface area contributed by atoms with Crippen molar-refractivity contribution >= 4 is 18.9 Å². The number of H-pyrrole nitrogens is 1. The zero-order chi connectivity index (χ0) is 6.69. The fraction of sp³-hybridized carbons (Fsp3) is 0. The van der Waals surface area contributed by atoms with E-state index in [2.05, 4.69) is 15.4 Å². The number of aromatic nitrogens is 3. The Morgan fingerprint density at radius 1 is 1.10 bits per heavy atom. The van der Waals surface area contributed by atoms with Crippen LogP contribution in [-0.2, 0) is 0 Å². The molecule has 6 heteroatoms. The molecule has 1 aromatic heterocycles. The van der Waals surface area contributed by atoms with Crippen molar-refractivity contribution in [1.29, 1.82) is 10.5 Å². The number of nitrogens with one attached hydrogen (secondary N) is 1. The fourth-order valence-electron chi connectivity index (χ4n) is 0.387. The third-order valence-corrected chi connectivity index (χ3v) is 0.760. The van der Waals surface area contributed by atoms with E-state index in [4.69, 9.17) is 10.5 Å². The molecule has 0 spiro atoms. The second-order valence-corrected chi connectivity index (χ2v) is 1.24. The zero-order valence-corrected chi connectivity index (χ0v) is 5.29. The van der Waals surface area contributed by atoms with Crippen molar-refractivity contribution in [2.75, 3.05) is 0 Å². The quantitative estimate of drug-likeness (QED) is 0.459. The van der Waals surface area contributed by atoms with Crippen LogP contribution < -0.4 is 0 Å². The van der Waals surface area contributed by atoms with Gasteiger partial charge in [0.1, 0.15) is 12.1 Å². The van der Waals surface area contributed by atoms with Crippen LogP contribution in [0.3, 0.4) is 0 Å². The van der Waals surface area contributed by atoms with Gasteiger partial charge < -0.3 is 0 Å². The molecule has 0 aliphatic rings. The van der Waals surface area contributed by atoms with Gasteiger partial charge in [-0.3, -0.25) is 0 Å². The van der Waals surface area contributed by atoms with Crippen LogP contribution in [0.5, 0.6) is 0 Å². The molecule has 1 rings (SSSR count). The maximum Gasteiger partial charge on any atom is 0.200 e. The molecule has 0 aliphatic heterocycles. The molecule has 0 unspecified atom stereocenters. The summed E-state index contributed by atoms with van der Waals surface area (Å²) < 4.78 is 0. The Balaban J connectivity index is 0.000000810. The van der Waals surface area contributed by atoms with Crippen LogP contribution in [0.4, 0.5) is 0 Å². The van der Waals surface area contributed by atoms with E-state index >= 15 is 0 Å². The van der Waals surface area contributed by atoms with Gasteiger partial charge in [-0.2, -0.15) is 15.7 Å². The van der Waals surface area contributed by atoms with Crippen LogP contribution in [0.2, 0.25) is 0 Å². The Morgan fingerprint density at radius 2 is 1.50 bits per heavy atom. The fourth-order valence-corrected chi connectivity index (χ4v) is 0.387. The molecule has 0 aliphatic carbocycles. The van der Waals surface area contributed by atoms with Crippen molar-refractivity contribution in [3.63, 3.8) is 0 Å². The van der Waals surface area contributed by atoms with E-state index in [0.717, 1.165) is 0 Å². The summed E-state index contributed by atoms with van der Waals surface area (Å²) in [5.74, 6) is 0. The molecule has 0 saturated carbocycles. The van der Waals surface area contributed by atoms with Crippen molar-refractivity contribution in [1.82, 2.24) is 15.4 Å². The van der Waals surface area contributed by atoms with Crippen LogP contribution in [0, 0.1) is 22.7 Å². The van der Waals surface area contributed by atoms with E-state index < -0.39 is 0 Å². The van der Waals surface area contributed by atoms with Crippen molar-refractivity contribution in [3.8, 4) is 12.1 Å². The second kappa shape index (κ2) is 3.69. The standard InChI is InChI=1S/C4HN5.Li/c5-1-3-4(2-6)8-9-7-3;/h(H,7,8,9);. The molecule has 1 aromatic rings. The van der Waals surface area contributed by atoms with Gasteiger partial charge in [-0.05, 0) is 0 Å². The topological polar surface area (TPSA) is 89.2 Å². The van der Waals surface area contributed by atoms with E-state index in [9.17, 15) is 0 Å². The summed E-state index contributed by atoms with van der Waals surface area (Å²) in [5.41, 5.74) is 0.0787. The first-order valence-electron chi connectivity index (χ1n) is 2.09. The largest absolute Gasteiger partial charge is 0.200 e. The van der Waals surface area contributed by atoms with Gasteiger partial charge in [-0.15, -0.1) is 10.2 Å². The Hall–Kier alpha value is -1.28. The van der Waals surface area contributed by atoms with Crippen molar-refractivity contribution in [3.05, 3.63) is 11.4 Å². The monoisotopic (exact) mass is 126 g/mol. The normalized spacial score (nSPS) is 7.00. The smallest absolute Gasteiger partial charge is 0.195 e. The molecule has 0 bridgehead atoms. The molecule has 0 amide bonds. The Kier molecular flexibility index (Phi) is 3.21. The first-order chi connectivity index (χ1) is 4.38. The molecular weight excluding hydrogens is 125 g/mol. The molecule has 1 N–H and O–H groups in total. The summed E-state index contributed by atoms with van der Waals surface area (Å²) in [6.45, 7) is 0. The van der Waals surface area contributed by atoms with Gasteiger partial charge in [0.15, 0.2) is 0 Å². The van der Waals surface area contributed by atoms with Gasteiger partial charge in [-0.25, -0.2) is 0 Å². The Morgan fingerprint density at radius 3 is 1.80 bits per heavy atom. The number of aromatic amines is 1. The molecule has 5 nitrogen and oxygen atoms in total. The summed E-state index contributed by atoms with van der Waals surface area (Å²) in [7, 11) is 0. The van der Waals surface area contributed by atoms with Gasteiger partial charge >= 0.3 is 0 Å². The van der Waals surface area contributed by atoms with Gasteiger partial charge in [0.05, 0.1) is 0 Å². The zero-order valence-electron chi connectivity index (χ0n) is 5.29. The van der Waals surface area contributed by atoms with Crippen molar-refractivity contribution < 1.29 is 0 Å². The molecule has 10 heavy (non-hydrogen) atoms. The predicted octanol–water partition coefficient (Wildman–Crippen LogP) is -0.833. The Bertz CT molecular complexity index is 261. The summed E-state index contributed by atoms with van der Waals surface area (Å²) in [5, 5.41) is 25.4. The molecule has 1 radical (unpaired) electrons. The van der Waals surface area contributed by atoms with Crippen LogP contribution in [0.1, 0.15) is 11.4 Å². The first kappa shape index (κ1) is 8.72. The van der Waals surface area contributed by atoms with Gasteiger partial charge in [0.25, 0.3) is 0 Å². The van der Waals surface area contributed by atoms with Crippen LogP contribution in [-0.4, -0.2) is 34.3 Å². The maximum atomic E-state index is 8.21. The number of nitrogens with zero attached hydrogens (tertiary/aromatic N) is 4. The SMILES string of the molecule is N#Cc1n[nH]nc1C#N.[Li]. The summed E-state index contributed by atoms with van der Waals surface area (Å²) >= 11 is 0. The summed E-state index contributed by atoms with van der Waals surface area (Å²) in [4.78, 5) is 0. The van der Waals surface area contributed by atoms with E-state index in [0.29, 0.717) is 0 Å². The van der Waals surface area contributed by atoms with Crippen LogP contribution in [0.15, 0.2) is 0 Å². The van der Waals surface area contributed by atoms with E-state index in [1.807, 2.05) is 0 Å². The molecule has 0 saturated heterocycles. The molecule has 43 valence electrons. The number of hydrogen-bond donors (Lipinski definition) is 1. The first-order valence-corrected chi connectivity index (χ1v) is 2.09. The minimum atomic E-state index is 0. The predicted molar refractivity (Wildman–Crippen MR) is 31.6 cm³/mol. The maximum absolute atomic E-state index is 8.21. The van der Waals surface area contributed by atoms with Gasteiger partial charge in [0, 0.05) is 18.9 Å². The number of nitriles is 2. The molecule has 0 atom stereocenters. The van der Waals surface area contributed by atoms with Crippen molar-refractivity contribution in [2.45, 2.75) is 0 Å². The molecule has 1 heterocycles. The second-order valence-electron chi connectivity index (χ2n) is 1.24. The number of hydrogen-bond acceptors (Lipinski definition) is 4. The minimum Gasteiger partial charge on any atom is -0.195 e. The van der Waals surface area contributed by atoms with E-state index in [1.54, 1.807) is 12.1 Å². The molecule has 0 aromatic carbocycles. The average Bonchev–Trinajstić information content (AvgIpc) is 2.33. The van der Waals surface area contributed by atoms with Crippen molar-refractivity contribution in [2.24, 2.45) is 0 Å². The molecule has 0 fully saturated rings. The third kappa shape index (κ3) is 1.36.